The van der Waals surface area contributed by atoms with Crippen molar-refractivity contribution >= 4 is 65.1 Å². The first-order chi connectivity index (χ1) is 32.9. The molecule has 1 aliphatic heterocycles. The number of hydrogen-bond acceptors (Lipinski definition) is 14. The summed E-state index contributed by atoms with van der Waals surface area (Å²) in [6.45, 7) is 17.1. The van der Waals surface area contributed by atoms with Gasteiger partial charge in [-0.05, 0) is 84.5 Å². The summed E-state index contributed by atoms with van der Waals surface area (Å²) in [7, 11) is 0. The van der Waals surface area contributed by atoms with Gasteiger partial charge in [0.1, 0.15) is 60.4 Å². The molecule has 1 fully saturated rings. The Morgan fingerprint density at radius 1 is 0.620 bits per heavy atom. The summed E-state index contributed by atoms with van der Waals surface area (Å²) in [4.78, 5) is 138. The highest BCUT2D eigenvalue weighted by Gasteiger charge is 2.40. The molecule has 1 rings (SSSR count). The number of amides is 9. The van der Waals surface area contributed by atoms with Crippen LogP contribution in [0.5, 0.6) is 0 Å². The average molecular weight is 1010 g/mol. The number of carboxylic acid groups (broad SMARTS) is 1. The number of aliphatic hydroxyl groups is 2. The molecule has 9 amide bonds. The lowest BCUT2D eigenvalue weighted by Crippen LogP contribution is -2.61. The van der Waals surface area contributed by atoms with Crippen molar-refractivity contribution in [1.29, 1.82) is 0 Å². The Bertz CT molecular complexity index is 1900. The molecule has 17 N–H and O–H groups in total. The van der Waals surface area contributed by atoms with Crippen LogP contribution < -0.4 is 59.7 Å². The summed E-state index contributed by atoms with van der Waals surface area (Å²) in [6.07, 6.45) is -1.62. The Kier molecular flexibility index (Phi) is 26.5. The molecule has 404 valence electrons. The van der Waals surface area contributed by atoms with Crippen LogP contribution >= 0.6 is 0 Å². The van der Waals surface area contributed by atoms with Crippen LogP contribution in [0.4, 0.5) is 0 Å². The molecule has 26 nitrogen and oxygen atoms in total. The minimum Gasteiger partial charge on any atom is -0.480 e. The minimum absolute atomic E-state index is 0.0330. The number of aliphatic imine (C=N–C) groups is 1. The van der Waals surface area contributed by atoms with Crippen LogP contribution in [0.25, 0.3) is 0 Å². The number of aliphatic carboxylic acids is 1. The van der Waals surface area contributed by atoms with Crippen LogP contribution in [0.2, 0.25) is 0 Å². The smallest absolute Gasteiger partial charge is 0.326 e. The van der Waals surface area contributed by atoms with Crippen LogP contribution in [0.15, 0.2) is 4.99 Å². The normalized spacial score (nSPS) is 18.5. The van der Waals surface area contributed by atoms with E-state index in [-0.39, 0.29) is 50.7 Å². The van der Waals surface area contributed by atoms with Gasteiger partial charge in [0.05, 0.1) is 12.2 Å². The van der Waals surface area contributed by atoms with Crippen LogP contribution in [-0.4, -0.2) is 171 Å². The topological polar surface area (TPSA) is 421 Å². The molecule has 0 unspecified atom stereocenters. The molecule has 0 aliphatic carbocycles. The second-order valence-electron chi connectivity index (χ2n) is 19.0. The Balaban J connectivity index is 3.20. The second-order valence-corrected chi connectivity index (χ2v) is 19.0. The van der Waals surface area contributed by atoms with E-state index in [0.717, 1.165) is 0 Å². The van der Waals surface area contributed by atoms with Gasteiger partial charge < -0.3 is 80.0 Å². The first kappa shape index (κ1) is 62.9. The molecule has 1 saturated heterocycles. The number of carbonyl (C=O) groups is 10. The maximum Gasteiger partial charge on any atom is 0.326 e. The lowest BCUT2D eigenvalue weighted by Gasteiger charge is -2.31. The number of nitrogens with two attached hydrogens (primary N) is 3. The van der Waals surface area contributed by atoms with E-state index in [2.05, 4.69) is 47.5 Å². The van der Waals surface area contributed by atoms with Crippen molar-refractivity contribution in [3.63, 3.8) is 0 Å². The van der Waals surface area contributed by atoms with Crippen LogP contribution in [0.3, 0.4) is 0 Å². The number of carboxylic acids is 1. The van der Waals surface area contributed by atoms with Gasteiger partial charge >= 0.3 is 5.97 Å². The van der Waals surface area contributed by atoms with E-state index < -0.39 is 144 Å². The fraction of sp³-hybridized carbons (Fsp3) is 0.756. The predicted molar refractivity (Wildman–Crippen MR) is 260 cm³/mol. The molecule has 0 spiro atoms. The fourth-order valence-electron chi connectivity index (χ4n) is 7.33. The first-order valence-corrected chi connectivity index (χ1v) is 24.1. The Morgan fingerprint density at radius 3 is 1.62 bits per heavy atom. The van der Waals surface area contributed by atoms with Gasteiger partial charge in [0, 0.05) is 13.1 Å². The quantitative estimate of drug-likeness (QED) is 0.0192. The van der Waals surface area contributed by atoms with Crippen LogP contribution in [-0.2, 0) is 47.9 Å². The number of nitrogens with zero attached hydrogens (tertiary/aromatic N) is 2. The van der Waals surface area contributed by atoms with Crippen molar-refractivity contribution < 1.29 is 63.3 Å². The number of nitrogens with one attached hydrogen (secondary N) is 8. The Hall–Kier alpha value is -6.15. The van der Waals surface area contributed by atoms with Gasteiger partial charge in [0.2, 0.25) is 53.2 Å². The largest absolute Gasteiger partial charge is 0.480 e. The summed E-state index contributed by atoms with van der Waals surface area (Å²) in [5, 5.41) is 50.1. The van der Waals surface area contributed by atoms with Crippen molar-refractivity contribution in [2.24, 2.45) is 39.9 Å². The number of aliphatic hydroxyl groups excluding tert-OH is 2. The van der Waals surface area contributed by atoms with Crippen molar-refractivity contribution in [1.82, 2.24) is 47.4 Å². The van der Waals surface area contributed by atoms with E-state index in [1.165, 1.54) is 39.5 Å². The van der Waals surface area contributed by atoms with E-state index in [1.807, 2.05) is 0 Å². The van der Waals surface area contributed by atoms with E-state index in [1.54, 1.807) is 41.5 Å². The maximum absolute atomic E-state index is 13.8. The standard InChI is InChI=1S/C45H81N13O13/c1-12-22(6)33(56-36(62)24(8)51-39(65)31(46)26(10)59)41(67)52-25(9)43(69)58-18-14-16-30(58)38(64)57-34(27(11)60)42(68)53-28(15-13-17-49-45(47)48)37(63)50-23(7)35(61)55-32(21(4)5)40(66)54-29(44(70)71)19-20(2)3/h20-34,59-60H,12-19,46H2,1-11H3,(H,50,63)(H,51,65)(H,52,67)(H,53,68)(H,54,66)(H,55,61)(H,56,62)(H,57,64)(H,70,71)(H4,47,48,49)/t22-,23-,24-,25-,26+,27+,28-,29-,30-,31-,32-,33-,34-/m0/s1. The number of rotatable bonds is 29. The summed E-state index contributed by atoms with van der Waals surface area (Å²) in [5.74, 6) is -9.63. The average Bonchev–Trinajstić information content (AvgIpc) is 3.78. The van der Waals surface area contributed by atoms with Gasteiger partial charge in [0.15, 0.2) is 5.96 Å². The van der Waals surface area contributed by atoms with Crippen molar-refractivity contribution in [2.75, 3.05) is 13.1 Å². The van der Waals surface area contributed by atoms with Crippen LogP contribution in [0.1, 0.15) is 115 Å². The second kappa shape index (κ2) is 29.9. The number of hydrogen-bond donors (Lipinski definition) is 14. The summed E-state index contributed by atoms with van der Waals surface area (Å²) in [6, 6.07) is -12.7. The molecular formula is C45H81N13O13. The van der Waals surface area contributed by atoms with E-state index in [4.69, 9.17) is 17.2 Å². The zero-order valence-electron chi connectivity index (χ0n) is 42.9. The summed E-state index contributed by atoms with van der Waals surface area (Å²) in [5.41, 5.74) is 16.5. The molecule has 1 heterocycles. The molecule has 0 aromatic carbocycles. The zero-order valence-corrected chi connectivity index (χ0v) is 42.9. The van der Waals surface area contributed by atoms with Gasteiger partial charge in [-0.3, -0.25) is 48.1 Å². The molecule has 0 radical (unpaired) electrons. The van der Waals surface area contributed by atoms with Crippen molar-refractivity contribution in [3.05, 3.63) is 0 Å². The zero-order chi connectivity index (χ0) is 54.6. The predicted octanol–water partition coefficient (Wildman–Crippen LogP) is -4.11. The highest BCUT2D eigenvalue weighted by Crippen LogP contribution is 2.20. The molecule has 0 aromatic rings. The van der Waals surface area contributed by atoms with Gasteiger partial charge in [0.25, 0.3) is 0 Å². The molecule has 71 heavy (non-hydrogen) atoms. The molecule has 0 saturated carbocycles. The number of carbonyl (C=O) groups excluding carboxylic acids is 9. The van der Waals surface area contributed by atoms with Gasteiger partial charge in [-0.1, -0.05) is 48.0 Å². The lowest BCUT2D eigenvalue weighted by atomic mass is 9.97. The Morgan fingerprint density at radius 2 is 1.13 bits per heavy atom. The lowest BCUT2D eigenvalue weighted by molar-refractivity contribution is -0.143. The molecule has 26 heteroatoms. The van der Waals surface area contributed by atoms with Gasteiger partial charge in [-0.2, -0.15) is 0 Å². The number of guanidine groups is 1. The molecule has 0 bridgehead atoms. The highest BCUT2D eigenvalue weighted by molar-refractivity contribution is 5.98. The van der Waals surface area contributed by atoms with Gasteiger partial charge in [-0.15, -0.1) is 0 Å². The third-order valence-corrected chi connectivity index (χ3v) is 11.9. The number of likely N-dealkylation sites (tertiary alicyclic amines) is 1. The molecule has 13 atom stereocenters. The molecule has 0 aromatic heterocycles. The van der Waals surface area contributed by atoms with Gasteiger partial charge in [-0.25, -0.2) is 4.79 Å². The van der Waals surface area contributed by atoms with Crippen molar-refractivity contribution in [3.8, 4) is 0 Å². The summed E-state index contributed by atoms with van der Waals surface area (Å²) < 4.78 is 0. The minimum atomic E-state index is -1.67. The first-order valence-electron chi connectivity index (χ1n) is 24.1. The highest BCUT2D eigenvalue weighted by atomic mass is 16.4. The van der Waals surface area contributed by atoms with E-state index in [0.29, 0.717) is 12.8 Å². The van der Waals surface area contributed by atoms with Crippen molar-refractivity contribution in [2.45, 2.75) is 187 Å². The molecule has 1 aliphatic rings. The third-order valence-electron chi connectivity index (χ3n) is 11.9. The van der Waals surface area contributed by atoms with E-state index >= 15 is 0 Å². The molecular weight excluding hydrogens is 931 g/mol. The van der Waals surface area contributed by atoms with E-state index in [9.17, 15) is 63.3 Å². The third kappa shape index (κ3) is 20.6. The maximum atomic E-state index is 13.8. The fourth-order valence-corrected chi connectivity index (χ4v) is 7.33. The monoisotopic (exact) mass is 1010 g/mol. The summed E-state index contributed by atoms with van der Waals surface area (Å²) >= 11 is 0. The SMILES string of the molecule is CC[C@H](C)[C@H](NC(=O)[C@H](C)NC(=O)[C@@H](N)[C@@H](C)O)C(=O)N[C@@H](C)C(=O)N1CCC[C@H]1C(=O)N[C@H](C(=O)N[C@@H](CCCN=C(N)N)C(=O)N[C@@H](C)C(=O)N[C@H](C(=O)N[C@@H](CC(C)C)C(=O)O)C(C)C)[C@@H](C)O. The van der Waals surface area contributed by atoms with Crippen LogP contribution in [0, 0.1) is 17.8 Å². The Labute approximate surface area is 415 Å².